The van der Waals surface area contributed by atoms with Gasteiger partial charge in [-0.1, -0.05) is 43.0 Å². The molecule has 1 aromatic heterocycles. The molecule has 2 aromatic rings. The minimum atomic E-state index is 0.0563. The van der Waals surface area contributed by atoms with Gasteiger partial charge in [0.25, 0.3) is 0 Å². The summed E-state index contributed by atoms with van der Waals surface area (Å²) in [6, 6.07) is 8.08. The molecule has 1 aliphatic heterocycles. The molecule has 132 valence electrons. The predicted octanol–water partition coefficient (Wildman–Crippen LogP) is 4.13. The molecule has 25 heavy (non-hydrogen) atoms. The molecule has 0 atom stereocenters. The Morgan fingerprint density at radius 3 is 2.72 bits per heavy atom. The van der Waals surface area contributed by atoms with Gasteiger partial charge in [0.2, 0.25) is 0 Å². The van der Waals surface area contributed by atoms with Crippen molar-refractivity contribution in [2.75, 3.05) is 6.54 Å². The second-order valence-corrected chi connectivity index (χ2v) is 7.43. The molecule has 6 heteroatoms. The van der Waals surface area contributed by atoms with Gasteiger partial charge in [0.05, 0.1) is 12.2 Å². The molecular weight excluding hydrogens is 336 g/mol. The van der Waals surface area contributed by atoms with Crippen LogP contribution >= 0.6 is 11.6 Å². The molecule has 0 radical (unpaired) electrons. The molecule has 0 unspecified atom stereocenters. The van der Waals surface area contributed by atoms with Crippen LogP contribution in [0.15, 0.2) is 24.3 Å². The summed E-state index contributed by atoms with van der Waals surface area (Å²) in [7, 11) is 0. The van der Waals surface area contributed by atoms with Crippen molar-refractivity contribution in [2.45, 2.75) is 51.1 Å². The number of hydrogen-bond donors (Lipinski definition) is 2. The Labute approximate surface area is 152 Å². The lowest BCUT2D eigenvalue weighted by molar-refractivity contribution is 0.184. The SMILES string of the molecule is O=C(NC1CCCCC1)N1CCc2[nH]nc(-c3ccc(Cl)cc3)c2C1. The molecule has 1 aromatic carbocycles. The van der Waals surface area contributed by atoms with Crippen molar-refractivity contribution >= 4 is 17.6 Å². The van der Waals surface area contributed by atoms with E-state index < -0.39 is 0 Å². The Morgan fingerprint density at radius 2 is 1.96 bits per heavy atom. The van der Waals surface area contributed by atoms with Crippen molar-refractivity contribution in [3.05, 3.63) is 40.5 Å². The van der Waals surface area contributed by atoms with Crippen molar-refractivity contribution in [1.82, 2.24) is 20.4 Å². The quantitative estimate of drug-likeness (QED) is 0.847. The molecule has 5 nitrogen and oxygen atoms in total. The Morgan fingerprint density at radius 1 is 1.20 bits per heavy atom. The van der Waals surface area contributed by atoms with E-state index in [1.54, 1.807) is 0 Å². The minimum Gasteiger partial charge on any atom is -0.335 e. The van der Waals surface area contributed by atoms with Crippen LogP contribution in [0.4, 0.5) is 4.79 Å². The molecule has 1 aliphatic carbocycles. The first-order valence-corrected chi connectivity index (χ1v) is 9.46. The number of halogens is 1. The number of aromatic amines is 1. The molecule has 4 rings (SSSR count). The monoisotopic (exact) mass is 358 g/mol. The summed E-state index contributed by atoms with van der Waals surface area (Å²) in [6.45, 7) is 1.33. The van der Waals surface area contributed by atoms with Gasteiger partial charge in [-0.05, 0) is 25.0 Å². The number of nitrogens with zero attached hydrogens (tertiary/aromatic N) is 2. The summed E-state index contributed by atoms with van der Waals surface area (Å²) in [6.07, 6.45) is 6.75. The van der Waals surface area contributed by atoms with E-state index >= 15 is 0 Å². The highest BCUT2D eigenvalue weighted by molar-refractivity contribution is 6.30. The van der Waals surface area contributed by atoms with Crippen LogP contribution in [-0.4, -0.2) is 33.7 Å². The van der Waals surface area contributed by atoms with Crippen LogP contribution in [0.2, 0.25) is 5.02 Å². The fourth-order valence-electron chi connectivity index (χ4n) is 3.83. The fourth-order valence-corrected chi connectivity index (χ4v) is 3.95. The Balaban J connectivity index is 1.49. The van der Waals surface area contributed by atoms with Crippen LogP contribution in [0.25, 0.3) is 11.3 Å². The van der Waals surface area contributed by atoms with Crippen molar-refractivity contribution in [1.29, 1.82) is 0 Å². The number of H-pyrrole nitrogens is 1. The van der Waals surface area contributed by atoms with E-state index in [4.69, 9.17) is 11.6 Å². The van der Waals surface area contributed by atoms with E-state index in [1.807, 2.05) is 29.2 Å². The number of benzene rings is 1. The van der Waals surface area contributed by atoms with Gasteiger partial charge in [0, 0.05) is 40.9 Å². The number of rotatable bonds is 2. The van der Waals surface area contributed by atoms with Crippen LogP contribution in [0.5, 0.6) is 0 Å². The summed E-state index contributed by atoms with van der Waals surface area (Å²) in [5, 5.41) is 11.5. The van der Waals surface area contributed by atoms with Gasteiger partial charge in [-0.2, -0.15) is 5.10 Å². The zero-order valence-corrected chi connectivity index (χ0v) is 15.0. The van der Waals surface area contributed by atoms with Crippen LogP contribution in [0, 0.1) is 0 Å². The first-order chi connectivity index (χ1) is 12.2. The summed E-state index contributed by atoms with van der Waals surface area (Å²) >= 11 is 5.98. The minimum absolute atomic E-state index is 0.0563. The lowest BCUT2D eigenvalue weighted by atomic mass is 9.95. The highest BCUT2D eigenvalue weighted by atomic mass is 35.5. The molecule has 0 spiro atoms. The van der Waals surface area contributed by atoms with Gasteiger partial charge < -0.3 is 10.2 Å². The number of urea groups is 1. The van der Waals surface area contributed by atoms with Gasteiger partial charge >= 0.3 is 6.03 Å². The summed E-state index contributed by atoms with van der Waals surface area (Å²) in [5.74, 6) is 0. The van der Waals surface area contributed by atoms with Crippen LogP contribution < -0.4 is 5.32 Å². The van der Waals surface area contributed by atoms with Gasteiger partial charge in [-0.15, -0.1) is 0 Å². The van der Waals surface area contributed by atoms with E-state index in [9.17, 15) is 4.79 Å². The van der Waals surface area contributed by atoms with Crippen molar-refractivity contribution in [3.8, 4) is 11.3 Å². The third-order valence-electron chi connectivity index (χ3n) is 5.27. The van der Waals surface area contributed by atoms with Crippen molar-refractivity contribution < 1.29 is 4.79 Å². The number of carbonyl (C=O) groups is 1. The van der Waals surface area contributed by atoms with E-state index in [2.05, 4.69) is 15.5 Å². The number of fused-ring (bicyclic) bond motifs is 1. The van der Waals surface area contributed by atoms with Gasteiger partial charge in [-0.25, -0.2) is 4.79 Å². The van der Waals surface area contributed by atoms with Crippen LogP contribution in [-0.2, 0) is 13.0 Å². The molecule has 2 heterocycles. The van der Waals surface area contributed by atoms with E-state index in [-0.39, 0.29) is 6.03 Å². The number of carbonyl (C=O) groups excluding carboxylic acids is 1. The normalized spacial score (nSPS) is 18.0. The summed E-state index contributed by atoms with van der Waals surface area (Å²) in [4.78, 5) is 14.6. The maximum Gasteiger partial charge on any atom is 0.317 e. The fraction of sp³-hybridized carbons (Fsp3) is 0.474. The standard InChI is InChI=1S/C19H23ClN4O/c20-14-8-6-13(7-9-14)18-16-12-24(11-10-17(16)22-23-18)19(25)21-15-4-2-1-3-5-15/h6-9,15H,1-5,10-12H2,(H,21,25)(H,22,23). The Hall–Kier alpha value is -2.01. The third kappa shape index (κ3) is 3.52. The van der Waals surface area contributed by atoms with Crippen LogP contribution in [0.1, 0.15) is 43.4 Å². The Kier molecular flexibility index (Phi) is 4.66. The first kappa shape index (κ1) is 16.5. The van der Waals surface area contributed by atoms with Crippen molar-refractivity contribution in [3.63, 3.8) is 0 Å². The molecule has 2 aliphatic rings. The number of nitrogens with one attached hydrogen (secondary N) is 2. The average Bonchev–Trinajstić information content (AvgIpc) is 3.06. The van der Waals surface area contributed by atoms with E-state index in [1.165, 1.54) is 19.3 Å². The maximum absolute atomic E-state index is 12.7. The van der Waals surface area contributed by atoms with E-state index in [0.717, 1.165) is 48.3 Å². The van der Waals surface area contributed by atoms with Crippen molar-refractivity contribution in [2.24, 2.45) is 0 Å². The smallest absolute Gasteiger partial charge is 0.317 e. The predicted molar refractivity (Wildman–Crippen MR) is 98.6 cm³/mol. The highest BCUT2D eigenvalue weighted by Crippen LogP contribution is 2.29. The second kappa shape index (κ2) is 7.08. The average molecular weight is 359 g/mol. The van der Waals surface area contributed by atoms with E-state index in [0.29, 0.717) is 17.6 Å². The van der Waals surface area contributed by atoms with Gasteiger partial charge in [0.1, 0.15) is 0 Å². The molecule has 0 bridgehead atoms. The lowest BCUT2D eigenvalue weighted by Gasteiger charge is -2.30. The highest BCUT2D eigenvalue weighted by Gasteiger charge is 2.27. The second-order valence-electron chi connectivity index (χ2n) is 6.99. The molecular formula is C19H23ClN4O. The third-order valence-corrected chi connectivity index (χ3v) is 5.52. The van der Waals surface area contributed by atoms with Gasteiger partial charge in [0.15, 0.2) is 0 Å². The zero-order valence-electron chi connectivity index (χ0n) is 14.2. The summed E-state index contributed by atoms with van der Waals surface area (Å²) < 4.78 is 0. The zero-order chi connectivity index (χ0) is 17.2. The number of amides is 2. The molecule has 0 saturated heterocycles. The number of aromatic nitrogens is 2. The molecule has 1 saturated carbocycles. The number of hydrogen-bond acceptors (Lipinski definition) is 2. The largest absolute Gasteiger partial charge is 0.335 e. The topological polar surface area (TPSA) is 61.0 Å². The Bertz CT molecular complexity index is 749. The maximum atomic E-state index is 12.7. The van der Waals surface area contributed by atoms with Gasteiger partial charge in [-0.3, -0.25) is 5.10 Å². The summed E-state index contributed by atoms with van der Waals surface area (Å²) in [5.41, 5.74) is 4.19. The molecule has 2 N–H and O–H groups in total. The molecule has 1 fully saturated rings. The van der Waals surface area contributed by atoms with Crippen LogP contribution in [0.3, 0.4) is 0 Å². The first-order valence-electron chi connectivity index (χ1n) is 9.08. The molecule has 2 amide bonds. The lowest BCUT2D eigenvalue weighted by Crippen LogP contribution is -2.47.